The molecule has 0 fully saturated rings. The third-order valence-corrected chi connectivity index (χ3v) is 3.32. The summed E-state index contributed by atoms with van der Waals surface area (Å²) in [6.45, 7) is 5.75. The van der Waals surface area contributed by atoms with Crippen molar-refractivity contribution in [2.75, 3.05) is 6.61 Å². The van der Waals surface area contributed by atoms with E-state index < -0.39 is 0 Å². The molecule has 6 nitrogen and oxygen atoms in total. The number of carbonyl (C=O) groups excluding carboxylic acids is 1. The fourth-order valence-electron chi connectivity index (χ4n) is 2.06. The molecule has 0 aliphatic heterocycles. The Morgan fingerprint density at radius 1 is 1.30 bits per heavy atom. The van der Waals surface area contributed by atoms with Crippen molar-refractivity contribution in [3.8, 4) is 5.75 Å². The molecule has 0 saturated heterocycles. The zero-order valence-corrected chi connectivity index (χ0v) is 14.1. The van der Waals surface area contributed by atoms with Crippen LogP contribution in [-0.2, 0) is 4.79 Å². The molecule has 23 heavy (non-hydrogen) atoms. The second-order valence-electron chi connectivity index (χ2n) is 5.65. The first-order valence-corrected chi connectivity index (χ1v) is 7.79. The minimum absolute atomic E-state index is 0.0939. The Kier molecular flexibility index (Phi) is 5.98. The molecule has 1 aromatic carbocycles. The summed E-state index contributed by atoms with van der Waals surface area (Å²) in [7, 11) is 0. The molecule has 0 bridgehead atoms. The van der Waals surface area contributed by atoms with Crippen molar-refractivity contribution in [2.45, 2.75) is 33.2 Å². The van der Waals surface area contributed by atoms with Gasteiger partial charge in [0.05, 0.1) is 0 Å². The first kappa shape index (κ1) is 17.3. The fourth-order valence-corrected chi connectivity index (χ4v) is 2.19. The van der Waals surface area contributed by atoms with Crippen molar-refractivity contribution in [2.24, 2.45) is 5.92 Å². The molecule has 7 heteroatoms. The lowest BCUT2D eigenvalue weighted by Gasteiger charge is -2.17. The van der Waals surface area contributed by atoms with E-state index in [1.54, 1.807) is 31.2 Å². The van der Waals surface area contributed by atoms with Crippen LogP contribution in [-0.4, -0.2) is 22.7 Å². The van der Waals surface area contributed by atoms with Crippen LogP contribution < -0.4 is 10.1 Å². The van der Waals surface area contributed by atoms with E-state index in [2.05, 4.69) is 29.4 Å². The van der Waals surface area contributed by atoms with Gasteiger partial charge in [-0.25, -0.2) is 0 Å². The molecule has 0 saturated carbocycles. The smallest absolute Gasteiger partial charge is 0.258 e. The molecule has 1 heterocycles. The molecule has 1 unspecified atom stereocenters. The van der Waals surface area contributed by atoms with E-state index in [4.69, 9.17) is 20.8 Å². The van der Waals surface area contributed by atoms with E-state index in [0.717, 1.165) is 0 Å². The lowest BCUT2D eigenvalue weighted by atomic mass is 10.0. The van der Waals surface area contributed by atoms with Crippen LogP contribution in [0.15, 0.2) is 28.7 Å². The summed E-state index contributed by atoms with van der Waals surface area (Å²) in [5, 5.41) is 11.3. The number of amides is 1. The number of nitrogens with one attached hydrogen (secondary N) is 1. The van der Waals surface area contributed by atoms with E-state index in [0.29, 0.717) is 34.9 Å². The topological polar surface area (TPSA) is 77.2 Å². The summed E-state index contributed by atoms with van der Waals surface area (Å²) in [4.78, 5) is 12.1. The number of carbonyl (C=O) groups is 1. The van der Waals surface area contributed by atoms with Gasteiger partial charge in [-0.2, -0.15) is 0 Å². The number of benzene rings is 1. The van der Waals surface area contributed by atoms with Gasteiger partial charge >= 0.3 is 0 Å². The lowest BCUT2D eigenvalue weighted by Crippen LogP contribution is -2.33. The Morgan fingerprint density at radius 3 is 2.57 bits per heavy atom. The largest absolute Gasteiger partial charge is 0.484 e. The van der Waals surface area contributed by atoms with E-state index in [1.807, 2.05) is 0 Å². The maximum absolute atomic E-state index is 12.1. The van der Waals surface area contributed by atoms with Crippen LogP contribution >= 0.6 is 11.6 Å². The van der Waals surface area contributed by atoms with Crippen LogP contribution in [0.25, 0.3) is 0 Å². The highest BCUT2D eigenvalue weighted by atomic mass is 35.5. The third kappa shape index (κ3) is 5.56. The molecule has 0 aliphatic rings. The molecule has 0 spiro atoms. The summed E-state index contributed by atoms with van der Waals surface area (Å²) in [5.74, 6) is 1.58. The van der Waals surface area contributed by atoms with Crippen molar-refractivity contribution in [1.29, 1.82) is 0 Å². The van der Waals surface area contributed by atoms with Gasteiger partial charge in [-0.05, 0) is 36.6 Å². The van der Waals surface area contributed by atoms with E-state index in [9.17, 15) is 4.79 Å². The Hall–Kier alpha value is -2.08. The highest BCUT2D eigenvalue weighted by molar-refractivity contribution is 6.30. The van der Waals surface area contributed by atoms with E-state index in [1.165, 1.54) is 0 Å². The van der Waals surface area contributed by atoms with Gasteiger partial charge in [-0.1, -0.05) is 25.4 Å². The van der Waals surface area contributed by atoms with Gasteiger partial charge in [-0.15, -0.1) is 10.2 Å². The van der Waals surface area contributed by atoms with Gasteiger partial charge in [-0.3, -0.25) is 4.79 Å². The number of ether oxygens (including phenoxy) is 1. The summed E-state index contributed by atoms with van der Waals surface area (Å²) in [6.07, 6.45) is 0.703. The van der Waals surface area contributed by atoms with Crippen LogP contribution in [0.1, 0.15) is 38.1 Å². The van der Waals surface area contributed by atoms with Crippen LogP contribution in [0.4, 0.5) is 0 Å². The zero-order valence-electron chi connectivity index (χ0n) is 13.4. The number of hydrogen-bond acceptors (Lipinski definition) is 5. The van der Waals surface area contributed by atoms with Gasteiger partial charge in [0.2, 0.25) is 11.8 Å². The second-order valence-corrected chi connectivity index (χ2v) is 6.09. The molecule has 1 amide bonds. The Bertz CT molecular complexity index is 640. The Morgan fingerprint density at radius 2 is 2.00 bits per heavy atom. The minimum Gasteiger partial charge on any atom is -0.484 e. The standard InChI is InChI=1S/C16H20ClN3O3/c1-10(2)8-14(16-20-19-11(3)23-16)18-15(21)9-22-13-6-4-12(17)5-7-13/h4-7,10,14H,8-9H2,1-3H3,(H,18,21). The molecule has 0 aliphatic carbocycles. The minimum atomic E-state index is -0.322. The quantitative estimate of drug-likeness (QED) is 0.838. The van der Waals surface area contributed by atoms with Crippen LogP contribution in [0, 0.1) is 12.8 Å². The van der Waals surface area contributed by atoms with Crippen LogP contribution in [0.3, 0.4) is 0 Å². The molecular formula is C16H20ClN3O3. The summed E-state index contributed by atoms with van der Waals surface area (Å²) in [6, 6.07) is 6.51. The summed E-state index contributed by atoms with van der Waals surface area (Å²) < 4.78 is 10.9. The number of rotatable bonds is 7. The lowest BCUT2D eigenvalue weighted by molar-refractivity contribution is -0.124. The van der Waals surface area contributed by atoms with Crippen molar-refractivity contribution in [3.05, 3.63) is 41.1 Å². The second kappa shape index (κ2) is 7.97. The highest BCUT2D eigenvalue weighted by Crippen LogP contribution is 2.20. The zero-order chi connectivity index (χ0) is 16.8. The van der Waals surface area contributed by atoms with E-state index >= 15 is 0 Å². The maximum atomic E-state index is 12.1. The summed E-state index contributed by atoms with van der Waals surface area (Å²) in [5.41, 5.74) is 0. The number of nitrogens with zero attached hydrogens (tertiary/aromatic N) is 2. The predicted molar refractivity (Wildman–Crippen MR) is 86.3 cm³/mol. The normalized spacial score (nSPS) is 12.2. The van der Waals surface area contributed by atoms with Crippen LogP contribution in [0.2, 0.25) is 5.02 Å². The van der Waals surface area contributed by atoms with Crippen LogP contribution in [0.5, 0.6) is 5.75 Å². The van der Waals surface area contributed by atoms with Gasteiger partial charge in [0.15, 0.2) is 6.61 Å². The predicted octanol–water partition coefficient (Wildman–Crippen LogP) is 3.31. The molecule has 2 rings (SSSR count). The van der Waals surface area contributed by atoms with Crippen molar-refractivity contribution < 1.29 is 13.9 Å². The van der Waals surface area contributed by atoms with Gasteiger partial charge in [0.1, 0.15) is 11.8 Å². The molecule has 1 N–H and O–H groups in total. The average molecular weight is 338 g/mol. The fraction of sp³-hybridized carbons (Fsp3) is 0.438. The molecule has 1 atom stereocenters. The number of aryl methyl sites for hydroxylation is 1. The maximum Gasteiger partial charge on any atom is 0.258 e. The monoisotopic (exact) mass is 337 g/mol. The Labute approximate surface area is 140 Å². The third-order valence-electron chi connectivity index (χ3n) is 3.07. The highest BCUT2D eigenvalue weighted by Gasteiger charge is 2.21. The van der Waals surface area contributed by atoms with E-state index in [-0.39, 0.29) is 18.6 Å². The van der Waals surface area contributed by atoms with Crippen molar-refractivity contribution >= 4 is 17.5 Å². The van der Waals surface area contributed by atoms with Gasteiger partial charge < -0.3 is 14.5 Å². The SMILES string of the molecule is Cc1nnc(C(CC(C)C)NC(=O)COc2ccc(Cl)cc2)o1. The number of hydrogen-bond donors (Lipinski definition) is 1. The molecule has 1 aromatic heterocycles. The number of aromatic nitrogens is 2. The molecule has 0 radical (unpaired) electrons. The van der Waals surface area contributed by atoms with Gasteiger partial charge in [0.25, 0.3) is 5.91 Å². The molecular weight excluding hydrogens is 318 g/mol. The number of halogens is 1. The van der Waals surface area contributed by atoms with Crippen molar-refractivity contribution in [1.82, 2.24) is 15.5 Å². The van der Waals surface area contributed by atoms with Gasteiger partial charge in [0, 0.05) is 11.9 Å². The first-order chi connectivity index (χ1) is 10.9. The Balaban J connectivity index is 1.93. The summed E-state index contributed by atoms with van der Waals surface area (Å²) >= 11 is 5.80. The van der Waals surface area contributed by atoms with Crippen molar-refractivity contribution in [3.63, 3.8) is 0 Å². The molecule has 2 aromatic rings. The average Bonchev–Trinajstić information content (AvgIpc) is 2.92. The molecule has 124 valence electrons. The first-order valence-electron chi connectivity index (χ1n) is 7.41.